The third-order valence-corrected chi connectivity index (χ3v) is 6.68. The molecule has 1 aromatic heterocycles. The number of para-hydroxylation sites is 1. The van der Waals surface area contributed by atoms with Crippen molar-refractivity contribution < 1.29 is 13.3 Å². The molecule has 0 spiro atoms. The Morgan fingerprint density at radius 3 is 2.26 bits per heavy atom. The predicted octanol–water partition coefficient (Wildman–Crippen LogP) is 2.95. The highest BCUT2D eigenvalue weighted by atomic mass is 35.5. The Hall–Kier alpha value is -1.94. The molecule has 1 aliphatic rings. The Kier molecular flexibility index (Phi) is 5.85. The van der Waals surface area contributed by atoms with E-state index in [1.165, 1.54) is 34.9 Å². The van der Waals surface area contributed by atoms with Crippen LogP contribution in [0, 0.1) is 10.1 Å². The summed E-state index contributed by atoms with van der Waals surface area (Å²) in [6.45, 7) is 1.27. The normalized spacial score (nSPS) is 15.7. The van der Waals surface area contributed by atoms with Crippen LogP contribution in [0.5, 0.6) is 0 Å². The minimum atomic E-state index is -3.69. The van der Waals surface area contributed by atoms with Gasteiger partial charge >= 0.3 is 0 Å². The zero-order valence-electron chi connectivity index (χ0n) is 14.1. The highest BCUT2D eigenvalue weighted by Gasteiger charge is 2.30. The first-order valence-corrected chi connectivity index (χ1v) is 10.4. The molecular weight excluding hydrogens is 415 g/mol. The van der Waals surface area contributed by atoms with Crippen LogP contribution in [0.2, 0.25) is 10.0 Å². The lowest BCUT2D eigenvalue weighted by Crippen LogP contribution is -2.49. The van der Waals surface area contributed by atoms with Crippen molar-refractivity contribution in [2.24, 2.45) is 0 Å². The number of rotatable bonds is 5. The van der Waals surface area contributed by atoms with Crippen molar-refractivity contribution in [3.8, 4) is 0 Å². The summed E-state index contributed by atoms with van der Waals surface area (Å²) in [5.41, 5.74) is 0.601. The van der Waals surface area contributed by atoms with Gasteiger partial charge in [-0.05, 0) is 0 Å². The number of nitro benzene ring substituents is 1. The zero-order chi connectivity index (χ0) is 19.6. The van der Waals surface area contributed by atoms with E-state index in [1.54, 1.807) is 6.07 Å². The topological polar surface area (TPSA) is 96.6 Å². The first-order valence-electron chi connectivity index (χ1n) is 8.03. The predicted molar refractivity (Wildman–Crippen MR) is 104 cm³/mol. The Morgan fingerprint density at radius 2 is 1.67 bits per heavy atom. The van der Waals surface area contributed by atoms with E-state index in [0.717, 1.165) is 0 Å². The Labute approximate surface area is 166 Å². The fourth-order valence-corrected chi connectivity index (χ4v) is 5.14. The van der Waals surface area contributed by atoms with Gasteiger partial charge in [-0.15, -0.1) is 0 Å². The van der Waals surface area contributed by atoms with Crippen LogP contribution in [0.15, 0.2) is 36.7 Å². The zero-order valence-corrected chi connectivity index (χ0v) is 16.4. The van der Waals surface area contributed by atoms with Crippen LogP contribution in [0.3, 0.4) is 0 Å². The number of halogens is 2. The maximum Gasteiger partial charge on any atom is 0.273 e. The molecule has 8 nitrogen and oxygen atoms in total. The van der Waals surface area contributed by atoms with E-state index in [9.17, 15) is 18.5 Å². The van der Waals surface area contributed by atoms with E-state index < -0.39 is 20.7 Å². The monoisotopic (exact) mass is 430 g/mol. The average Bonchev–Trinajstić information content (AvgIpc) is 2.62. The molecule has 1 aromatic carbocycles. The largest absolute Gasteiger partial charge is 0.366 e. The Balaban J connectivity index is 1.73. The number of nitrogens with zero attached hydrogens (tertiary/aromatic N) is 4. The van der Waals surface area contributed by atoms with Gasteiger partial charge in [-0.1, -0.05) is 41.4 Å². The number of nitro groups is 1. The molecule has 1 saturated heterocycles. The quantitative estimate of drug-likeness (QED) is 0.534. The molecule has 0 amide bonds. The second-order valence-electron chi connectivity index (χ2n) is 5.98. The molecule has 1 aliphatic heterocycles. The smallest absolute Gasteiger partial charge is 0.273 e. The number of hydrogen-bond acceptors (Lipinski definition) is 6. The molecule has 2 aromatic rings. The van der Waals surface area contributed by atoms with E-state index in [0.29, 0.717) is 28.8 Å². The van der Waals surface area contributed by atoms with Crippen molar-refractivity contribution in [3.63, 3.8) is 0 Å². The van der Waals surface area contributed by atoms with Gasteiger partial charge in [0.1, 0.15) is 0 Å². The molecule has 0 radical (unpaired) electrons. The number of pyridine rings is 1. The number of benzene rings is 1. The summed E-state index contributed by atoms with van der Waals surface area (Å²) >= 11 is 12.3. The standard InChI is InChI=1S/C16H16Cl2N4O4S/c17-13-9-19-10-14(18)16(13)20-5-7-21(8-6-20)27(25,26)11-12-3-1-2-4-15(12)22(23)24/h1-4,9-10H,5-8,11H2. The van der Waals surface area contributed by atoms with Gasteiger partial charge in [0.2, 0.25) is 10.0 Å². The molecule has 0 N–H and O–H groups in total. The summed E-state index contributed by atoms with van der Waals surface area (Å²) in [7, 11) is -3.69. The second-order valence-corrected chi connectivity index (χ2v) is 8.76. The highest BCUT2D eigenvalue weighted by molar-refractivity contribution is 7.88. The van der Waals surface area contributed by atoms with Gasteiger partial charge in [0.05, 0.1) is 26.4 Å². The van der Waals surface area contributed by atoms with E-state index >= 15 is 0 Å². The number of aromatic nitrogens is 1. The second kappa shape index (κ2) is 7.97. The minimum Gasteiger partial charge on any atom is -0.366 e. The van der Waals surface area contributed by atoms with E-state index in [4.69, 9.17) is 23.2 Å². The van der Waals surface area contributed by atoms with E-state index in [1.807, 2.05) is 4.90 Å². The van der Waals surface area contributed by atoms with Crippen LogP contribution in [-0.4, -0.2) is 48.8 Å². The van der Waals surface area contributed by atoms with Gasteiger partial charge in [0.25, 0.3) is 5.69 Å². The van der Waals surface area contributed by atoms with Crippen LogP contribution in [0.1, 0.15) is 5.56 Å². The fraction of sp³-hybridized carbons (Fsp3) is 0.312. The molecule has 0 saturated carbocycles. The van der Waals surface area contributed by atoms with Gasteiger partial charge in [0.15, 0.2) is 0 Å². The molecule has 1 fully saturated rings. The van der Waals surface area contributed by atoms with Crippen molar-refractivity contribution in [1.29, 1.82) is 0 Å². The number of hydrogen-bond donors (Lipinski definition) is 0. The first-order chi connectivity index (χ1) is 12.8. The Morgan fingerprint density at radius 1 is 1.07 bits per heavy atom. The van der Waals surface area contributed by atoms with Gasteiger partial charge in [-0.3, -0.25) is 15.1 Å². The summed E-state index contributed by atoms with van der Waals surface area (Å²) in [5.74, 6) is -0.416. The van der Waals surface area contributed by atoms with E-state index in [2.05, 4.69) is 4.98 Å². The molecular formula is C16H16Cl2N4O4S. The molecule has 27 heavy (non-hydrogen) atoms. The number of sulfonamides is 1. The van der Waals surface area contributed by atoms with Crippen LogP contribution < -0.4 is 4.90 Å². The van der Waals surface area contributed by atoms with Crippen molar-refractivity contribution >= 4 is 44.6 Å². The average molecular weight is 431 g/mol. The number of anilines is 1. The highest BCUT2D eigenvalue weighted by Crippen LogP contribution is 2.33. The lowest BCUT2D eigenvalue weighted by molar-refractivity contribution is -0.385. The molecule has 11 heteroatoms. The SMILES string of the molecule is O=[N+]([O-])c1ccccc1CS(=O)(=O)N1CCN(c2c(Cl)cncc2Cl)CC1. The summed E-state index contributed by atoms with van der Waals surface area (Å²) in [4.78, 5) is 16.4. The van der Waals surface area contributed by atoms with Gasteiger partial charge < -0.3 is 4.90 Å². The Bertz CT molecular complexity index is 942. The lowest BCUT2D eigenvalue weighted by Gasteiger charge is -2.36. The third-order valence-electron chi connectivity index (χ3n) is 4.30. The maximum atomic E-state index is 12.7. The van der Waals surface area contributed by atoms with Crippen molar-refractivity contribution in [1.82, 2.24) is 9.29 Å². The van der Waals surface area contributed by atoms with Gasteiger partial charge in [-0.2, -0.15) is 4.31 Å². The van der Waals surface area contributed by atoms with Crippen LogP contribution in [-0.2, 0) is 15.8 Å². The summed E-state index contributed by atoms with van der Waals surface area (Å²) in [5, 5.41) is 11.9. The molecule has 3 rings (SSSR count). The van der Waals surface area contributed by atoms with Crippen molar-refractivity contribution in [2.75, 3.05) is 31.1 Å². The van der Waals surface area contributed by atoms with E-state index in [-0.39, 0.29) is 24.3 Å². The first kappa shape index (κ1) is 19.8. The van der Waals surface area contributed by atoms with Crippen LogP contribution in [0.25, 0.3) is 0 Å². The van der Waals surface area contributed by atoms with Crippen molar-refractivity contribution in [2.45, 2.75) is 5.75 Å². The molecule has 0 atom stereocenters. The van der Waals surface area contributed by atoms with Gasteiger partial charge in [-0.25, -0.2) is 8.42 Å². The molecule has 0 aliphatic carbocycles. The lowest BCUT2D eigenvalue weighted by atomic mass is 10.2. The van der Waals surface area contributed by atoms with Crippen LogP contribution >= 0.6 is 23.2 Å². The minimum absolute atomic E-state index is 0.171. The fourth-order valence-electron chi connectivity index (χ4n) is 3.00. The van der Waals surface area contributed by atoms with Crippen molar-refractivity contribution in [3.05, 3.63) is 62.4 Å². The van der Waals surface area contributed by atoms with Gasteiger partial charge in [0, 0.05) is 50.2 Å². The summed E-state index contributed by atoms with van der Waals surface area (Å²) < 4.78 is 26.8. The molecule has 2 heterocycles. The summed E-state index contributed by atoms with van der Waals surface area (Å²) in [6.07, 6.45) is 2.97. The number of piperazine rings is 1. The molecule has 144 valence electrons. The molecule has 0 unspecified atom stereocenters. The summed E-state index contributed by atoms with van der Waals surface area (Å²) in [6, 6.07) is 5.86. The molecule has 0 bridgehead atoms. The maximum absolute atomic E-state index is 12.7. The third kappa shape index (κ3) is 4.32. The van der Waals surface area contributed by atoms with Crippen LogP contribution in [0.4, 0.5) is 11.4 Å².